The van der Waals surface area contributed by atoms with Gasteiger partial charge in [0, 0.05) is 38.3 Å². The van der Waals surface area contributed by atoms with Crippen LogP contribution in [0.3, 0.4) is 0 Å². The molecule has 0 amide bonds. The summed E-state index contributed by atoms with van der Waals surface area (Å²) in [6.07, 6.45) is 0. The van der Waals surface area contributed by atoms with Gasteiger partial charge in [0.1, 0.15) is 18.2 Å². The minimum absolute atomic E-state index is 0.416. The number of anilines is 2. The van der Waals surface area contributed by atoms with Crippen LogP contribution in [0.1, 0.15) is 26.6 Å². The average molecular weight is 279 g/mol. The molecular formula is C14H25N5O. The Labute approximate surface area is 120 Å². The normalized spacial score (nSPS) is 20.4. The summed E-state index contributed by atoms with van der Waals surface area (Å²) >= 11 is 0. The highest BCUT2D eigenvalue weighted by atomic mass is 16.5. The minimum Gasteiger partial charge on any atom is -0.384 e. The van der Waals surface area contributed by atoms with Crippen LogP contribution in [0.4, 0.5) is 11.6 Å². The Balaban J connectivity index is 2.10. The monoisotopic (exact) mass is 279 g/mol. The quantitative estimate of drug-likeness (QED) is 0.871. The summed E-state index contributed by atoms with van der Waals surface area (Å²) < 4.78 is 5.37. The maximum atomic E-state index is 5.88. The molecule has 1 saturated heterocycles. The number of nitrogens with zero attached hydrogens (tertiary/aromatic N) is 4. The standard InChI is InChI=1S/C14H25N5O/c1-4-18-6-7-19(9-11(18)3)14-8-12(15)16-13(17-14)10-20-5-2/h8,11H,4-7,9-10H2,1-3H3,(H2,15,16,17). The summed E-state index contributed by atoms with van der Waals surface area (Å²) in [5.41, 5.74) is 5.88. The number of hydrogen-bond donors (Lipinski definition) is 1. The van der Waals surface area contributed by atoms with E-state index in [9.17, 15) is 0 Å². The van der Waals surface area contributed by atoms with E-state index in [4.69, 9.17) is 10.5 Å². The molecule has 0 saturated carbocycles. The number of rotatable bonds is 5. The molecule has 6 heteroatoms. The predicted molar refractivity (Wildman–Crippen MR) is 80.7 cm³/mol. The second-order valence-corrected chi connectivity index (χ2v) is 5.13. The molecule has 1 aliphatic rings. The molecule has 0 aromatic carbocycles. The van der Waals surface area contributed by atoms with E-state index in [1.54, 1.807) is 0 Å². The summed E-state index contributed by atoms with van der Waals surface area (Å²) in [6, 6.07) is 2.38. The van der Waals surface area contributed by atoms with Crippen molar-refractivity contribution in [2.24, 2.45) is 0 Å². The predicted octanol–water partition coefficient (Wildman–Crippen LogP) is 1.13. The number of likely N-dealkylation sites (N-methyl/N-ethyl adjacent to an activating group) is 1. The Bertz CT molecular complexity index is 440. The molecule has 2 heterocycles. The van der Waals surface area contributed by atoms with Crippen LogP contribution >= 0.6 is 0 Å². The highest BCUT2D eigenvalue weighted by Gasteiger charge is 2.23. The average Bonchev–Trinajstić information content (AvgIpc) is 2.44. The van der Waals surface area contributed by atoms with Gasteiger partial charge in [0.05, 0.1) is 0 Å². The third-order valence-electron chi connectivity index (χ3n) is 3.71. The van der Waals surface area contributed by atoms with Crippen LogP contribution in [-0.4, -0.2) is 53.7 Å². The van der Waals surface area contributed by atoms with Gasteiger partial charge in [-0.3, -0.25) is 4.90 Å². The molecule has 2 N–H and O–H groups in total. The van der Waals surface area contributed by atoms with Gasteiger partial charge in [0.15, 0.2) is 5.82 Å². The molecule has 0 spiro atoms. The molecule has 1 unspecified atom stereocenters. The number of piperazine rings is 1. The van der Waals surface area contributed by atoms with Crippen molar-refractivity contribution in [2.75, 3.05) is 43.4 Å². The van der Waals surface area contributed by atoms with Crippen molar-refractivity contribution < 1.29 is 4.74 Å². The largest absolute Gasteiger partial charge is 0.384 e. The molecule has 20 heavy (non-hydrogen) atoms. The summed E-state index contributed by atoms with van der Waals surface area (Å²) in [5.74, 6) is 2.08. The van der Waals surface area contributed by atoms with Crippen molar-refractivity contribution in [1.29, 1.82) is 0 Å². The van der Waals surface area contributed by atoms with Gasteiger partial charge < -0.3 is 15.4 Å². The van der Waals surface area contributed by atoms with Gasteiger partial charge in [0.25, 0.3) is 0 Å². The fraction of sp³-hybridized carbons (Fsp3) is 0.714. The van der Waals surface area contributed by atoms with Crippen LogP contribution in [0.2, 0.25) is 0 Å². The molecule has 1 aromatic rings. The summed E-state index contributed by atoms with van der Waals surface area (Å²) in [7, 11) is 0. The van der Waals surface area contributed by atoms with Crippen molar-refractivity contribution in [3.63, 3.8) is 0 Å². The first-order chi connectivity index (χ1) is 9.63. The first-order valence-electron chi connectivity index (χ1n) is 7.34. The lowest BCUT2D eigenvalue weighted by molar-refractivity contribution is 0.128. The smallest absolute Gasteiger partial charge is 0.158 e. The fourth-order valence-electron chi connectivity index (χ4n) is 2.60. The molecule has 0 bridgehead atoms. The number of hydrogen-bond acceptors (Lipinski definition) is 6. The van der Waals surface area contributed by atoms with Crippen molar-refractivity contribution in [1.82, 2.24) is 14.9 Å². The van der Waals surface area contributed by atoms with E-state index >= 15 is 0 Å². The van der Waals surface area contributed by atoms with E-state index in [1.165, 1.54) is 0 Å². The Morgan fingerprint density at radius 2 is 2.15 bits per heavy atom. The van der Waals surface area contributed by atoms with Gasteiger partial charge in [-0.15, -0.1) is 0 Å². The summed E-state index contributed by atoms with van der Waals surface area (Å²) in [6.45, 7) is 11.6. The Kier molecular flexibility index (Phi) is 5.14. The van der Waals surface area contributed by atoms with Crippen LogP contribution < -0.4 is 10.6 Å². The first kappa shape index (κ1) is 15.0. The lowest BCUT2D eigenvalue weighted by Crippen LogP contribution is -2.52. The molecule has 1 atom stereocenters. The van der Waals surface area contributed by atoms with Gasteiger partial charge in [-0.25, -0.2) is 9.97 Å². The molecular weight excluding hydrogens is 254 g/mol. The SMILES string of the molecule is CCOCc1nc(N)cc(N2CCN(CC)C(C)C2)n1. The number of nitrogens with two attached hydrogens (primary N) is 1. The lowest BCUT2D eigenvalue weighted by atomic mass is 10.2. The molecule has 0 radical (unpaired) electrons. The highest BCUT2D eigenvalue weighted by molar-refractivity contribution is 5.47. The van der Waals surface area contributed by atoms with Crippen molar-refractivity contribution in [3.05, 3.63) is 11.9 Å². The zero-order valence-electron chi connectivity index (χ0n) is 12.7. The molecule has 2 rings (SSSR count). The second-order valence-electron chi connectivity index (χ2n) is 5.13. The van der Waals surface area contributed by atoms with E-state index in [1.807, 2.05) is 13.0 Å². The van der Waals surface area contributed by atoms with E-state index in [0.717, 1.165) is 32.0 Å². The maximum Gasteiger partial charge on any atom is 0.158 e. The Hall–Kier alpha value is -1.40. The zero-order chi connectivity index (χ0) is 14.5. The topological polar surface area (TPSA) is 67.5 Å². The summed E-state index contributed by atoms with van der Waals surface area (Å²) in [4.78, 5) is 13.5. The Morgan fingerprint density at radius 1 is 1.35 bits per heavy atom. The van der Waals surface area contributed by atoms with Gasteiger partial charge in [-0.05, 0) is 20.4 Å². The van der Waals surface area contributed by atoms with Gasteiger partial charge >= 0.3 is 0 Å². The van der Waals surface area contributed by atoms with Gasteiger partial charge in [-0.2, -0.15) is 0 Å². The molecule has 1 aromatic heterocycles. The van der Waals surface area contributed by atoms with Crippen LogP contribution in [0.25, 0.3) is 0 Å². The van der Waals surface area contributed by atoms with Crippen LogP contribution in [0.5, 0.6) is 0 Å². The fourth-order valence-corrected chi connectivity index (χ4v) is 2.60. The van der Waals surface area contributed by atoms with Crippen molar-refractivity contribution in [2.45, 2.75) is 33.4 Å². The van der Waals surface area contributed by atoms with E-state index in [-0.39, 0.29) is 0 Å². The minimum atomic E-state index is 0.416. The second kappa shape index (κ2) is 6.85. The van der Waals surface area contributed by atoms with Crippen LogP contribution in [-0.2, 0) is 11.3 Å². The van der Waals surface area contributed by atoms with Crippen molar-refractivity contribution in [3.8, 4) is 0 Å². The lowest BCUT2D eigenvalue weighted by Gasteiger charge is -2.40. The zero-order valence-corrected chi connectivity index (χ0v) is 12.7. The van der Waals surface area contributed by atoms with E-state index < -0.39 is 0 Å². The molecule has 6 nitrogen and oxygen atoms in total. The van der Waals surface area contributed by atoms with Crippen LogP contribution in [0.15, 0.2) is 6.07 Å². The third kappa shape index (κ3) is 3.58. The number of aromatic nitrogens is 2. The van der Waals surface area contributed by atoms with Crippen molar-refractivity contribution >= 4 is 11.6 Å². The number of ether oxygens (including phenoxy) is 1. The third-order valence-corrected chi connectivity index (χ3v) is 3.71. The number of nitrogen functional groups attached to an aromatic ring is 1. The Morgan fingerprint density at radius 3 is 2.80 bits per heavy atom. The molecule has 112 valence electrons. The summed E-state index contributed by atoms with van der Waals surface area (Å²) in [5, 5.41) is 0. The van der Waals surface area contributed by atoms with Gasteiger partial charge in [-0.1, -0.05) is 6.92 Å². The van der Waals surface area contributed by atoms with Gasteiger partial charge in [0.2, 0.25) is 0 Å². The van der Waals surface area contributed by atoms with E-state index in [2.05, 4.69) is 33.6 Å². The molecule has 1 fully saturated rings. The molecule has 1 aliphatic heterocycles. The van der Waals surface area contributed by atoms with E-state index in [0.29, 0.717) is 30.9 Å². The molecule has 0 aliphatic carbocycles. The first-order valence-corrected chi connectivity index (χ1v) is 7.34. The highest BCUT2D eigenvalue weighted by Crippen LogP contribution is 2.19. The maximum absolute atomic E-state index is 5.88. The van der Waals surface area contributed by atoms with Crippen LogP contribution in [0, 0.1) is 0 Å².